The number of fused-ring (bicyclic) bond motifs is 5. The van der Waals surface area contributed by atoms with Gasteiger partial charge in [-0.2, -0.15) is 0 Å². The number of hydrogen-bond acceptors (Lipinski definition) is 10. The zero-order valence-electron chi connectivity index (χ0n) is 27.3. The Hall–Kier alpha value is -2.21. The molecule has 12 unspecified atom stereocenters. The van der Waals surface area contributed by atoms with Gasteiger partial charge in [0.25, 0.3) is 0 Å². The summed E-state index contributed by atoms with van der Waals surface area (Å²) >= 11 is 0. The Morgan fingerprint density at radius 1 is 1.13 bits per heavy atom. The van der Waals surface area contributed by atoms with Crippen LogP contribution in [0.15, 0.2) is 41.2 Å². The summed E-state index contributed by atoms with van der Waals surface area (Å²) in [6, 6.07) is 3.92. The van der Waals surface area contributed by atoms with Gasteiger partial charge in [-0.3, -0.25) is 9.98 Å². The van der Waals surface area contributed by atoms with Gasteiger partial charge in [0, 0.05) is 55.5 Å². The molecule has 4 saturated carbocycles. The highest BCUT2D eigenvalue weighted by molar-refractivity contribution is 5.85. The van der Waals surface area contributed by atoms with Crippen molar-refractivity contribution in [2.24, 2.45) is 33.6 Å². The number of aromatic nitrogens is 1. The van der Waals surface area contributed by atoms with E-state index in [2.05, 4.69) is 11.9 Å². The van der Waals surface area contributed by atoms with Crippen LogP contribution in [-0.4, -0.2) is 88.1 Å². The van der Waals surface area contributed by atoms with Crippen molar-refractivity contribution in [3.05, 3.63) is 41.7 Å². The van der Waals surface area contributed by atoms with Crippen molar-refractivity contribution in [3.8, 4) is 0 Å². The van der Waals surface area contributed by atoms with Gasteiger partial charge in [-0.15, -0.1) is 0 Å². The van der Waals surface area contributed by atoms with Crippen LogP contribution in [0.5, 0.6) is 0 Å². The molecule has 6 aliphatic rings. The summed E-state index contributed by atoms with van der Waals surface area (Å²) in [6.45, 7) is 4.84. The van der Waals surface area contributed by atoms with E-state index in [-0.39, 0.29) is 41.3 Å². The normalized spacial score (nSPS) is 47.2. The fourth-order valence-electron chi connectivity index (χ4n) is 10.8. The first-order valence-corrected chi connectivity index (χ1v) is 17.3. The molecule has 4 aliphatic carbocycles. The molecule has 10 nitrogen and oxygen atoms in total. The van der Waals surface area contributed by atoms with Crippen LogP contribution in [0.2, 0.25) is 0 Å². The number of hydrogen-bond donors (Lipinski definition) is 3. The van der Waals surface area contributed by atoms with Crippen LogP contribution < -0.4 is 0 Å². The molecule has 252 valence electrons. The standard InChI is InChI=1S/C36H50N2O8/c1-22-32(40)29(43-3)16-31(45-22)46-25-6-11-34(21-38-19-23-5-4-14-37-18-23)27-7-10-33(2)26(24-15-30(39)44-20-24)9-13-36(33,42)28(27)8-12-35(34,41)17-25/h4-5,14-15,18,21-22,25-29,31-32,40-42H,6-13,16-17,19-20H2,1-3H3. The quantitative estimate of drug-likeness (QED) is 0.231. The van der Waals surface area contributed by atoms with E-state index in [1.807, 2.05) is 31.5 Å². The van der Waals surface area contributed by atoms with E-state index in [9.17, 15) is 20.1 Å². The summed E-state index contributed by atoms with van der Waals surface area (Å²) < 4.78 is 23.4. The third-order valence-corrected chi connectivity index (χ3v) is 13.2. The number of cyclic esters (lactones) is 1. The third-order valence-electron chi connectivity index (χ3n) is 13.2. The van der Waals surface area contributed by atoms with Gasteiger partial charge in [-0.1, -0.05) is 13.0 Å². The van der Waals surface area contributed by atoms with E-state index < -0.39 is 35.1 Å². The Balaban J connectivity index is 1.17. The van der Waals surface area contributed by atoms with Crippen molar-refractivity contribution in [1.29, 1.82) is 0 Å². The Morgan fingerprint density at radius 3 is 2.70 bits per heavy atom. The van der Waals surface area contributed by atoms with Gasteiger partial charge in [-0.05, 0) is 93.2 Å². The van der Waals surface area contributed by atoms with Crippen LogP contribution >= 0.6 is 0 Å². The van der Waals surface area contributed by atoms with E-state index in [4.69, 9.17) is 23.9 Å². The molecular weight excluding hydrogens is 588 g/mol. The van der Waals surface area contributed by atoms with Crippen molar-refractivity contribution >= 4 is 12.2 Å². The molecule has 0 bridgehead atoms. The lowest BCUT2D eigenvalue weighted by Crippen LogP contribution is -2.69. The van der Waals surface area contributed by atoms with Gasteiger partial charge < -0.3 is 34.3 Å². The number of carbonyl (C=O) groups is 1. The minimum atomic E-state index is -1.06. The number of nitrogens with zero attached hydrogens (tertiary/aromatic N) is 2. The van der Waals surface area contributed by atoms with Crippen LogP contribution in [0.25, 0.3) is 0 Å². The molecule has 12 atom stereocenters. The van der Waals surface area contributed by atoms with Crippen molar-refractivity contribution in [3.63, 3.8) is 0 Å². The molecule has 0 spiro atoms. The maximum Gasteiger partial charge on any atom is 0.331 e. The second-order valence-electron chi connectivity index (χ2n) is 15.2. The predicted molar refractivity (Wildman–Crippen MR) is 169 cm³/mol. The summed E-state index contributed by atoms with van der Waals surface area (Å²) in [5.74, 6) is -0.118. The molecule has 3 N–H and O–H groups in total. The molecule has 7 rings (SSSR count). The highest BCUT2D eigenvalue weighted by Gasteiger charge is 2.71. The molecule has 46 heavy (non-hydrogen) atoms. The number of methoxy groups -OCH3 is 1. The van der Waals surface area contributed by atoms with E-state index >= 15 is 0 Å². The van der Waals surface area contributed by atoms with Crippen LogP contribution in [0, 0.1) is 28.6 Å². The highest BCUT2D eigenvalue weighted by Crippen LogP contribution is 2.70. The monoisotopic (exact) mass is 638 g/mol. The molecule has 2 aliphatic heterocycles. The van der Waals surface area contributed by atoms with Crippen molar-refractivity contribution in [2.75, 3.05) is 13.7 Å². The lowest BCUT2D eigenvalue weighted by molar-refractivity contribution is -0.284. The zero-order chi connectivity index (χ0) is 32.3. The van der Waals surface area contributed by atoms with Crippen molar-refractivity contribution in [1.82, 2.24) is 4.98 Å². The Labute approximate surface area is 271 Å². The smallest absolute Gasteiger partial charge is 0.331 e. The number of pyridine rings is 1. The number of aliphatic hydroxyl groups excluding tert-OH is 1. The lowest BCUT2D eigenvalue weighted by Gasteiger charge is -2.66. The average molecular weight is 639 g/mol. The molecule has 10 heteroatoms. The van der Waals surface area contributed by atoms with Gasteiger partial charge >= 0.3 is 5.97 Å². The summed E-state index contributed by atoms with van der Waals surface area (Å²) in [5, 5.41) is 36.0. The molecule has 0 amide bonds. The fraction of sp³-hybridized carbons (Fsp3) is 0.750. The molecule has 1 aromatic heterocycles. The average Bonchev–Trinajstić information content (AvgIpc) is 3.58. The Kier molecular flexibility index (Phi) is 8.46. The summed E-state index contributed by atoms with van der Waals surface area (Å²) in [4.78, 5) is 21.2. The second kappa shape index (κ2) is 12.0. The maximum atomic E-state index is 12.8. The Morgan fingerprint density at radius 2 is 1.96 bits per heavy atom. The maximum absolute atomic E-state index is 12.8. The van der Waals surface area contributed by atoms with Crippen LogP contribution in [0.3, 0.4) is 0 Å². The minimum Gasteiger partial charge on any atom is -0.458 e. The first kappa shape index (κ1) is 32.3. The van der Waals surface area contributed by atoms with E-state index in [1.54, 1.807) is 19.4 Å². The number of esters is 1. The highest BCUT2D eigenvalue weighted by atomic mass is 16.7. The zero-order valence-corrected chi connectivity index (χ0v) is 27.3. The van der Waals surface area contributed by atoms with Gasteiger partial charge in [0.05, 0.1) is 36.1 Å². The van der Waals surface area contributed by atoms with E-state index in [0.717, 1.165) is 36.8 Å². The van der Waals surface area contributed by atoms with Gasteiger partial charge in [0.15, 0.2) is 6.29 Å². The van der Waals surface area contributed by atoms with Crippen molar-refractivity contribution in [2.45, 2.75) is 127 Å². The largest absolute Gasteiger partial charge is 0.458 e. The van der Waals surface area contributed by atoms with E-state index in [1.165, 1.54) is 0 Å². The van der Waals surface area contributed by atoms with Crippen LogP contribution in [-0.2, 0) is 30.3 Å². The van der Waals surface area contributed by atoms with Crippen LogP contribution in [0.4, 0.5) is 0 Å². The van der Waals surface area contributed by atoms with Gasteiger partial charge in [0.2, 0.25) is 0 Å². The SMILES string of the molecule is COC1CC(OC2CCC3(C=NCc4cccnc4)C4CCC5(C)C(C6=CC(=O)OC6)CCC5(O)C4CCC3(O)C2)OC(C)C1O. The molecule has 1 saturated heterocycles. The molecule has 5 fully saturated rings. The molecular formula is C36H50N2O8. The van der Waals surface area contributed by atoms with Gasteiger partial charge in [-0.25, -0.2) is 4.79 Å². The first-order valence-electron chi connectivity index (χ1n) is 17.3. The van der Waals surface area contributed by atoms with Crippen molar-refractivity contribution < 1.29 is 39.1 Å². The molecule has 0 aromatic carbocycles. The third kappa shape index (κ3) is 5.10. The number of carbonyl (C=O) groups excluding carboxylic acids is 1. The summed E-state index contributed by atoms with van der Waals surface area (Å²) in [6.07, 6.45) is 11.8. The topological polar surface area (TPSA) is 140 Å². The number of aliphatic hydroxyl groups is 3. The van der Waals surface area contributed by atoms with Gasteiger partial charge in [0.1, 0.15) is 12.7 Å². The molecule has 1 aromatic rings. The number of aliphatic imine (C=N–C) groups is 1. The first-order chi connectivity index (χ1) is 22.0. The summed E-state index contributed by atoms with van der Waals surface area (Å²) in [7, 11) is 1.59. The van der Waals surface area contributed by atoms with E-state index in [0.29, 0.717) is 51.7 Å². The molecule has 3 heterocycles. The minimum absolute atomic E-state index is 0.00364. The second-order valence-corrected chi connectivity index (χ2v) is 15.2. The predicted octanol–water partition coefficient (Wildman–Crippen LogP) is 3.90. The molecule has 0 radical (unpaired) electrons. The number of ether oxygens (including phenoxy) is 4. The lowest BCUT2D eigenvalue weighted by atomic mass is 9.41. The number of rotatable bonds is 7. The van der Waals surface area contributed by atoms with Crippen LogP contribution in [0.1, 0.15) is 83.6 Å². The summed E-state index contributed by atoms with van der Waals surface area (Å²) in [5.41, 5.74) is -0.931. The fourth-order valence-corrected chi connectivity index (χ4v) is 10.8. The Bertz CT molecular complexity index is 1360.